The van der Waals surface area contributed by atoms with Gasteiger partial charge in [0.2, 0.25) is 5.89 Å². The highest BCUT2D eigenvalue weighted by Crippen LogP contribution is 2.23. The van der Waals surface area contributed by atoms with Crippen molar-refractivity contribution in [3.05, 3.63) is 60.2 Å². The van der Waals surface area contributed by atoms with Gasteiger partial charge in [-0.3, -0.25) is 4.79 Å². The summed E-state index contributed by atoms with van der Waals surface area (Å²) in [6, 6.07) is 16.3. The van der Waals surface area contributed by atoms with E-state index in [0.29, 0.717) is 28.2 Å². The van der Waals surface area contributed by atoms with Crippen LogP contribution in [0, 0.1) is 0 Å². The minimum Gasteiger partial charge on any atom is -0.491 e. The molecule has 7 heteroatoms. The van der Waals surface area contributed by atoms with E-state index < -0.39 is 6.10 Å². The van der Waals surface area contributed by atoms with Gasteiger partial charge < -0.3 is 14.3 Å². The van der Waals surface area contributed by atoms with Crippen molar-refractivity contribution in [2.75, 3.05) is 12.4 Å². The molecule has 0 amide bonds. The number of aliphatic hydroxyl groups excluding tert-OH is 1. The molecule has 1 aromatic heterocycles. The first-order valence-corrected chi connectivity index (χ1v) is 9.04. The van der Waals surface area contributed by atoms with Crippen LogP contribution in [0.25, 0.3) is 11.5 Å². The second kappa shape index (κ2) is 8.64. The number of thioether (sulfide) groups is 1. The highest BCUT2D eigenvalue weighted by molar-refractivity contribution is 7.99. The molecule has 1 atom stereocenters. The molecule has 134 valence electrons. The molecule has 26 heavy (non-hydrogen) atoms. The molecule has 0 bridgehead atoms. The lowest BCUT2D eigenvalue weighted by atomic mass is 10.1. The lowest BCUT2D eigenvalue weighted by Gasteiger charge is -2.11. The van der Waals surface area contributed by atoms with Crippen molar-refractivity contribution in [3.8, 4) is 17.2 Å². The van der Waals surface area contributed by atoms with Gasteiger partial charge in [0.05, 0.1) is 6.10 Å². The standard InChI is InChI=1S/C19H18N2O4S/c1-13(22)14-7-9-17(10-8-14)24-11-16(23)12-26-19-21-20-18(25-19)15-5-3-2-4-6-15/h2-10,16,23H,11-12H2,1H3/t16-/m0/s1. The summed E-state index contributed by atoms with van der Waals surface area (Å²) < 4.78 is 11.1. The second-order valence-corrected chi connectivity index (χ2v) is 6.57. The summed E-state index contributed by atoms with van der Waals surface area (Å²) >= 11 is 1.27. The van der Waals surface area contributed by atoms with Gasteiger partial charge in [-0.25, -0.2) is 0 Å². The summed E-state index contributed by atoms with van der Waals surface area (Å²) in [6.45, 7) is 1.64. The number of hydrogen-bond donors (Lipinski definition) is 1. The number of hydrogen-bond acceptors (Lipinski definition) is 7. The van der Waals surface area contributed by atoms with Gasteiger partial charge in [0.25, 0.3) is 5.22 Å². The van der Waals surface area contributed by atoms with E-state index in [2.05, 4.69) is 10.2 Å². The van der Waals surface area contributed by atoms with Gasteiger partial charge in [-0.05, 0) is 43.3 Å². The number of ether oxygens (including phenoxy) is 1. The molecule has 3 rings (SSSR count). The molecule has 0 radical (unpaired) electrons. The third-order valence-electron chi connectivity index (χ3n) is 3.53. The predicted molar refractivity (Wildman–Crippen MR) is 98.4 cm³/mol. The maximum atomic E-state index is 11.2. The Morgan fingerprint density at radius 1 is 1.15 bits per heavy atom. The lowest BCUT2D eigenvalue weighted by Crippen LogP contribution is -2.20. The SMILES string of the molecule is CC(=O)c1ccc(OC[C@H](O)CSc2nnc(-c3ccccc3)o2)cc1. The Morgan fingerprint density at radius 3 is 2.58 bits per heavy atom. The van der Waals surface area contributed by atoms with Crippen LogP contribution < -0.4 is 4.74 Å². The van der Waals surface area contributed by atoms with E-state index in [-0.39, 0.29) is 12.4 Å². The van der Waals surface area contributed by atoms with Crippen LogP contribution >= 0.6 is 11.8 Å². The molecular formula is C19H18N2O4S. The highest BCUT2D eigenvalue weighted by atomic mass is 32.2. The van der Waals surface area contributed by atoms with Crippen LogP contribution in [0.5, 0.6) is 5.75 Å². The van der Waals surface area contributed by atoms with Crippen LogP contribution in [-0.2, 0) is 0 Å². The number of Topliss-reactive ketones (excluding diaryl/α,β-unsaturated/α-hetero) is 1. The minimum absolute atomic E-state index is 0.00224. The zero-order valence-corrected chi connectivity index (χ0v) is 15.0. The smallest absolute Gasteiger partial charge is 0.276 e. The zero-order valence-electron chi connectivity index (χ0n) is 14.2. The molecule has 0 fully saturated rings. The Labute approximate surface area is 155 Å². The third kappa shape index (κ3) is 4.93. The van der Waals surface area contributed by atoms with E-state index in [4.69, 9.17) is 9.15 Å². The van der Waals surface area contributed by atoms with Crippen LogP contribution in [0.4, 0.5) is 0 Å². The third-order valence-corrected chi connectivity index (χ3v) is 4.49. The Hall–Kier alpha value is -2.64. The van der Waals surface area contributed by atoms with Gasteiger partial charge in [-0.2, -0.15) is 0 Å². The average Bonchev–Trinajstić information content (AvgIpc) is 3.15. The Balaban J connectivity index is 1.46. The summed E-state index contributed by atoms with van der Waals surface area (Å²) in [6.07, 6.45) is -0.695. The van der Waals surface area contributed by atoms with Crippen LogP contribution in [0.2, 0.25) is 0 Å². The van der Waals surface area contributed by atoms with Crippen molar-refractivity contribution in [2.45, 2.75) is 18.3 Å². The van der Waals surface area contributed by atoms with Gasteiger partial charge >= 0.3 is 0 Å². The largest absolute Gasteiger partial charge is 0.491 e. The normalized spacial score (nSPS) is 11.9. The van der Waals surface area contributed by atoms with Gasteiger partial charge in [-0.15, -0.1) is 10.2 Å². The molecule has 1 heterocycles. The van der Waals surface area contributed by atoms with E-state index in [1.165, 1.54) is 18.7 Å². The van der Waals surface area contributed by atoms with Gasteiger partial charge in [0.15, 0.2) is 5.78 Å². The summed E-state index contributed by atoms with van der Waals surface area (Å²) in [5, 5.41) is 18.4. The van der Waals surface area contributed by atoms with Crippen molar-refractivity contribution < 1.29 is 19.1 Å². The molecule has 0 aliphatic rings. The fourth-order valence-electron chi connectivity index (χ4n) is 2.16. The molecule has 0 spiro atoms. The fraction of sp³-hybridized carbons (Fsp3) is 0.211. The number of ketones is 1. The molecule has 0 aliphatic heterocycles. The number of nitrogens with zero attached hydrogens (tertiary/aromatic N) is 2. The van der Waals surface area contributed by atoms with Crippen LogP contribution in [0.3, 0.4) is 0 Å². The molecule has 3 aromatic rings. The number of aromatic nitrogens is 2. The van der Waals surface area contributed by atoms with E-state index in [9.17, 15) is 9.90 Å². The summed E-state index contributed by atoms with van der Waals surface area (Å²) in [5.74, 6) is 1.41. The fourth-order valence-corrected chi connectivity index (χ4v) is 2.83. The summed E-state index contributed by atoms with van der Waals surface area (Å²) in [5.41, 5.74) is 1.48. The van der Waals surface area contributed by atoms with E-state index in [0.717, 1.165) is 5.56 Å². The van der Waals surface area contributed by atoms with Gasteiger partial charge in [0, 0.05) is 16.9 Å². The number of carbonyl (C=O) groups excluding carboxylic acids is 1. The highest BCUT2D eigenvalue weighted by Gasteiger charge is 2.12. The van der Waals surface area contributed by atoms with Crippen molar-refractivity contribution >= 4 is 17.5 Å². The first-order valence-electron chi connectivity index (χ1n) is 8.05. The van der Waals surface area contributed by atoms with Crippen LogP contribution in [0.15, 0.2) is 64.2 Å². The summed E-state index contributed by atoms with van der Waals surface area (Å²) in [7, 11) is 0. The van der Waals surface area contributed by atoms with Crippen molar-refractivity contribution in [3.63, 3.8) is 0 Å². The van der Waals surface area contributed by atoms with Crippen molar-refractivity contribution in [2.24, 2.45) is 0 Å². The number of benzene rings is 2. The van der Waals surface area contributed by atoms with E-state index in [1.807, 2.05) is 30.3 Å². The number of carbonyl (C=O) groups is 1. The monoisotopic (exact) mass is 370 g/mol. The maximum Gasteiger partial charge on any atom is 0.276 e. The minimum atomic E-state index is -0.695. The predicted octanol–water partition coefficient (Wildman–Crippen LogP) is 3.47. The maximum absolute atomic E-state index is 11.2. The average molecular weight is 370 g/mol. The Bertz CT molecular complexity index is 849. The first kappa shape index (κ1) is 18.2. The van der Waals surface area contributed by atoms with Gasteiger partial charge in [0.1, 0.15) is 12.4 Å². The molecule has 0 unspecified atom stereocenters. The number of rotatable bonds is 8. The lowest BCUT2D eigenvalue weighted by molar-refractivity contribution is 0.101. The second-order valence-electron chi connectivity index (χ2n) is 5.60. The molecule has 1 N–H and O–H groups in total. The molecule has 0 saturated carbocycles. The van der Waals surface area contributed by atoms with E-state index >= 15 is 0 Å². The van der Waals surface area contributed by atoms with Gasteiger partial charge in [-0.1, -0.05) is 30.0 Å². The zero-order chi connectivity index (χ0) is 18.4. The summed E-state index contributed by atoms with van der Waals surface area (Å²) in [4.78, 5) is 11.2. The van der Waals surface area contributed by atoms with Crippen molar-refractivity contribution in [1.82, 2.24) is 10.2 Å². The molecular weight excluding hydrogens is 352 g/mol. The molecule has 0 aliphatic carbocycles. The Morgan fingerprint density at radius 2 is 1.88 bits per heavy atom. The van der Waals surface area contributed by atoms with Crippen molar-refractivity contribution in [1.29, 1.82) is 0 Å². The van der Waals surface area contributed by atoms with Crippen LogP contribution in [0.1, 0.15) is 17.3 Å². The molecule has 0 saturated heterocycles. The molecule has 6 nitrogen and oxygen atoms in total. The topological polar surface area (TPSA) is 85.5 Å². The van der Waals surface area contributed by atoms with E-state index in [1.54, 1.807) is 24.3 Å². The Kier molecular flexibility index (Phi) is 6.04. The first-order chi connectivity index (χ1) is 12.6. The molecule has 2 aromatic carbocycles. The van der Waals surface area contributed by atoms with Crippen LogP contribution in [-0.4, -0.2) is 39.6 Å². The quantitative estimate of drug-likeness (QED) is 0.480. The number of aliphatic hydroxyl groups is 1.